The van der Waals surface area contributed by atoms with Crippen molar-refractivity contribution in [3.05, 3.63) is 116 Å². The Bertz CT molecular complexity index is 2130. The number of carboxylic acids is 2. The Hall–Kier alpha value is -4.65. The molecule has 2 aliphatic rings. The molecule has 1 heterocycles. The molecule has 6 rings (SSSR count). The molecule has 2 aliphatic carbocycles. The number of hydrogen-bond donors (Lipinski definition) is 3. The van der Waals surface area contributed by atoms with E-state index in [9.17, 15) is 32.7 Å². The van der Waals surface area contributed by atoms with Gasteiger partial charge in [0.25, 0.3) is 5.91 Å². The maximum atomic E-state index is 14.0. The van der Waals surface area contributed by atoms with E-state index in [0.29, 0.717) is 54.8 Å². The summed E-state index contributed by atoms with van der Waals surface area (Å²) in [7, 11) is -3.96. The molecule has 0 spiro atoms. The van der Waals surface area contributed by atoms with Crippen LogP contribution in [0.4, 0.5) is 5.69 Å². The molecule has 10 nitrogen and oxygen atoms in total. The van der Waals surface area contributed by atoms with Gasteiger partial charge in [0.15, 0.2) is 5.78 Å². The molecule has 0 unspecified atom stereocenters. The molecule has 3 aromatic carbocycles. The van der Waals surface area contributed by atoms with E-state index in [1.165, 1.54) is 27.8 Å². The van der Waals surface area contributed by atoms with Gasteiger partial charge < -0.3 is 15.5 Å². The summed E-state index contributed by atoms with van der Waals surface area (Å²) in [5.41, 5.74) is 4.91. The van der Waals surface area contributed by atoms with Gasteiger partial charge in [-0.25, -0.2) is 13.2 Å². The molecule has 1 saturated carbocycles. The van der Waals surface area contributed by atoms with Crippen molar-refractivity contribution in [1.29, 1.82) is 0 Å². The lowest BCUT2D eigenvalue weighted by Gasteiger charge is -2.35. The molecule has 3 N–H and O–H groups in total. The molecule has 1 aromatic heterocycles. The Morgan fingerprint density at radius 3 is 2.13 bits per heavy atom. The van der Waals surface area contributed by atoms with E-state index < -0.39 is 27.9 Å². The lowest BCUT2D eigenvalue weighted by Crippen LogP contribution is -2.43. The topological polar surface area (TPSA) is 158 Å². The number of carbonyl (C=O) groups excluding carboxylic acids is 2. The number of aliphatic carboxylic acids is 1. The number of carboxylic acid groups (broad SMARTS) is 2. The maximum Gasteiger partial charge on any atom is 0.335 e. The van der Waals surface area contributed by atoms with Crippen LogP contribution in [0.5, 0.6) is 0 Å². The van der Waals surface area contributed by atoms with E-state index in [4.69, 9.17) is 5.11 Å². The molecule has 55 heavy (non-hydrogen) atoms. The Morgan fingerprint density at radius 2 is 1.49 bits per heavy atom. The minimum atomic E-state index is -3.96. The molecule has 0 radical (unpaired) electrons. The van der Waals surface area contributed by atoms with Crippen LogP contribution in [0.1, 0.15) is 116 Å². The van der Waals surface area contributed by atoms with Crippen molar-refractivity contribution in [3.63, 3.8) is 0 Å². The van der Waals surface area contributed by atoms with Crippen LogP contribution in [0.25, 0.3) is 0 Å². The monoisotopic (exact) mass is 784 g/mol. The number of aryl methyl sites for hydroxylation is 3. The molecule has 0 saturated heterocycles. The highest BCUT2D eigenvalue weighted by Crippen LogP contribution is 2.36. The smallest absolute Gasteiger partial charge is 0.335 e. The van der Waals surface area contributed by atoms with Gasteiger partial charge >= 0.3 is 11.9 Å². The number of sulfonamides is 1. The number of Topliss-reactive ketones (excluding diaryl/α,β-unsaturated/α-hetero) is 1. The predicted molar refractivity (Wildman–Crippen MR) is 213 cm³/mol. The van der Waals surface area contributed by atoms with Gasteiger partial charge in [0.1, 0.15) is 0 Å². The average Bonchev–Trinajstić information content (AvgIpc) is 3.55. The number of benzene rings is 3. The Balaban J connectivity index is 1.13. The van der Waals surface area contributed by atoms with E-state index in [2.05, 4.69) is 5.32 Å². The van der Waals surface area contributed by atoms with Gasteiger partial charge in [-0.15, -0.1) is 11.3 Å². The first kappa shape index (κ1) is 40.0. The fourth-order valence-corrected chi connectivity index (χ4v) is 11.0. The predicted octanol–water partition coefficient (Wildman–Crippen LogP) is 8.22. The number of nitrogens with zero attached hydrogens (tertiary/aromatic N) is 1. The van der Waals surface area contributed by atoms with Crippen molar-refractivity contribution >= 4 is 50.7 Å². The summed E-state index contributed by atoms with van der Waals surface area (Å²) in [6.07, 6.45) is 8.49. The molecule has 4 aromatic rings. The molecule has 0 aliphatic heterocycles. The van der Waals surface area contributed by atoms with Gasteiger partial charge in [-0.3, -0.25) is 14.4 Å². The third-order valence-corrected chi connectivity index (χ3v) is 14.0. The van der Waals surface area contributed by atoms with Crippen LogP contribution in [0, 0.1) is 5.92 Å². The second-order valence-corrected chi connectivity index (χ2v) is 17.7. The highest BCUT2D eigenvalue weighted by atomic mass is 32.2. The first-order valence-electron chi connectivity index (χ1n) is 19.2. The second kappa shape index (κ2) is 17.9. The summed E-state index contributed by atoms with van der Waals surface area (Å²) in [4.78, 5) is 52.3. The van der Waals surface area contributed by atoms with E-state index >= 15 is 0 Å². The summed E-state index contributed by atoms with van der Waals surface area (Å²) < 4.78 is 29.5. The van der Waals surface area contributed by atoms with Gasteiger partial charge in [-0.1, -0.05) is 43.3 Å². The summed E-state index contributed by atoms with van der Waals surface area (Å²) in [6.45, 7) is 2.21. The van der Waals surface area contributed by atoms with Gasteiger partial charge in [0.2, 0.25) is 10.0 Å². The van der Waals surface area contributed by atoms with Gasteiger partial charge in [-0.2, -0.15) is 4.31 Å². The summed E-state index contributed by atoms with van der Waals surface area (Å²) in [5, 5.41) is 21.6. The molecule has 0 bridgehead atoms. The Kier molecular flexibility index (Phi) is 13.0. The van der Waals surface area contributed by atoms with Gasteiger partial charge in [-0.05, 0) is 130 Å². The number of aromatic carboxylic acids is 1. The molecule has 1 amide bonds. The minimum Gasteiger partial charge on any atom is -0.481 e. The zero-order chi connectivity index (χ0) is 39.1. The van der Waals surface area contributed by atoms with Crippen LogP contribution in [-0.2, 0) is 46.9 Å². The SMILES string of the molecule is CCCN(C1CCC(C(=O)O)CC1)S(=O)(=O)c1cccc(C(=O)Cc2sc3c(c2C(=O)Nc2ccc(CCCc4ccc(C(=O)O)cc4)cc2)CCCC3)c1. The van der Waals surface area contributed by atoms with Crippen molar-refractivity contribution in [1.82, 2.24) is 4.31 Å². The van der Waals surface area contributed by atoms with Crippen molar-refractivity contribution in [2.24, 2.45) is 5.92 Å². The van der Waals surface area contributed by atoms with E-state index in [0.717, 1.165) is 66.5 Å². The number of hydrogen-bond acceptors (Lipinski definition) is 7. The lowest BCUT2D eigenvalue weighted by atomic mass is 9.86. The Morgan fingerprint density at radius 1 is 0.836 bits per heavy atom. The fourth-order valence-electron chi connectivity index (χ4n) is 7.81. The van der Waals surface area contributed by atoms with Gasteiger partial charge in [0, 0.05) is 40.0 Å². The second-order valence-electron chi connectivity index (χ2n) is 14.6. The molecule has 290 valence electrons. The fraction of sp³-hybridized carbons (Fsp3) is 0.395. The van der Waals surface area contributed by atoms with Crippen LogP contribution in [0.15, 0.2) is 77.7 Å². The zero-order valence-corrected chi connectivity index (χ0v) is 32.7. The van der Waals surface area contributed by atoms with Crippen molar-refractivity contribution in [2.75, 3.05) is 11.9 Å². The standard InChI is InChI=1S/C43H48N2O8S2/c1-2-25-45(34-23-19-31(20-24-34)43(50)51)55(52,53)35-10-6-9-32(26-35)37(46)27-39-40(36-11-3-4-12-38(36)54-39)41(47)44-33-21-15-29(16-22-33)8-5-7-28-13-17-30(18-14-28)42(48)49/h6,9-10,13-18,21-22,26,31,34H,2-5,7-8,11-12,19-20,23-25,27H2,1H3,(H,44,47)(H,48,49)(H,50,51). The quantitative estimate of drug-likeness (QED) is 0.0960. The average molecular weight is 785 g/mol. The van der Waals surface area contributed by atoms with Crippen molar-refractivity contribution in [2.45, 2.75) is 101 Å². The van der Waals surface area contributed by atoms with Crippen LogP contribution in [0.3, 0.4) is 0 Å². The van der Waals surface area contributed by atoms with Crippen LogP contribution < -0.4 is 5.32 Å². The molecular weight excluding hydrogens is 737 g/mol. The van der Waals surface area contributed by atoms with Crippen LogP contribution in [0.2, 0.25) is 0 Å². The largest absolute Gasteiger partial charge is 0.481 e. The Labute approximate surface area is 326 Å². The van der Waals surface area contributed by atoms with E-state index in [1.807, 2.05) is 43.3 Å². The molecule has 0 atom stereocenters. The summed E-state index contributed by atoms with van der Waals surface area (Å²) in [5.74, 6) is -2.77. The summed E-state index contributed by atoms with van der Waals surface area (Å²) in [6, 6.07) is 20.5. The van der Waals surface area contributed by atoms with Gasteiger partial charge in [0.05, 0.1) is 21.9 Å². The first-order chi connectivity index (χ1) is 26.4. The highest BCUT2D eigenvalue weighted by molar-refractivity contribution is 7.89. The number of anilines is 1. The number of amides is 1. The van der Waals surface area contributed by atoms with E-state index in [1.54, 1.807) is 24.3 Å². The first-order valence-corrected chi connectivity index (χ1v) is 21.4. The number of thiophene rings is 1. The molecule has 1 fully saturated rings. The van der Waals surface area contributed by atoms with Crippen LogP contribution in [-0.4, -0.2) is 59.2 Å². The van der Waals surface area contributed by atoms with Crippen molar-refractivity contribution < 1.29 is 37.8 Å². The minimum absolute atomic E-state index is 0.0280. The van der Waals surface area contributed by atoms with Crippen LogP contribution >= 0.6 is 11.3 Å². The molecule has 12 heteroatoms. The van der Waals surface area contributed by atoms with E-state index in [-0.39, 0.29) is 40.2 Å². The number of rotatable bonds is 16. The maximum absolute atomic E-state index is 14.0. The normalized spacial score (nSPS) is 17.1. The number of ketones is 1. The number of carbonyl (C=O) groups is 4. The van der Waals surface area contributed by atoms with Crippen molar-refractivity contribution in [3.8, 4) is 0 Å². The summed E-state index contributed by atoms with van der Waals surface area (Å²) >= 11 is 1.50. The third-order valence-electron chi connectivity index (χ3n) is 10.8. The third kappa shape index (κ3) is 9.60. The number of nitrogens with one attached hydrogen (secondary N) is 1. The molecular formula is C43H48N2O8S2. The number of fused-ring (bicyclic) bond motifs is 1. The lowest BCUT2D eigenvalue weighted by molar-refractivity contribution is -0.143. The zero-order valence-electron chi connectivity index (χ0n) is 31.1. The highest BCUT2D eigenvalue weighted by Gasteiger charge is 2.36.